The number of benzene rings is 1. The SMILES string of the molecule is Nc1nc2ccc(CNC3CCCCC3)cc2s1. The Labute approximate surface area is 111 Å². The molecule has 4 heteroatoms. The van der Waals surface area contributed by atoms with Gasteiger partial charge < -0.3 is 11.1 Å². The third-order valence-electron chi connectivity index (χ3n) is 3.67. The van der Waals surface area contributed by atoms with Crippen LogP contribution in [0.3, 0.4) is 0 Å². The van der Waals surface area contributed by atoms with Crippen LogP contribution in [0, 0.1) is 0 Å². The molecule has 3 rings (SSSR count). The number of nitrogens with two attached hydrogens (primary N) is 1. The van der Waals surface area contributed by atoms with Crippen LogP contribution in [0.1, 0.15) is 37.7 Å². The van der Waals surface area contributed by atoms with Crippen LogP contribution in [0.15, 0.2) is 18.2 Å². The smallest absolute Gasteiger partial charge is 0.181 e. The zero-order chi connectivity index (χ0) is 12.4. The number of nitrogens with zero attached hydrogens (tertiary/aromatic N) is 1. The van der Waals surface area contributed by atoms with Gasteiger partial charge in [-0.25, -0.2) is 4.98 Å². The Kier molecular flexibility index (Phi) is 3.48. The Morgan fingerprint density at radius 3 is 2.94 bits per heavy atom. The largest absolute Gasteiger partial charge is 0.375 e. The molecule has 3 nitrogen and oxygen atoms in total. The summed E-state index contributed by atoms with van der Waals surface area (Å²) in [7, 11) is 0. The van der Waals surface area contributed by atoms with Crippen molar-refractivity contribution in [3.05, 3.63) is 23.8 Å². The molecule has 0 aliphatic heterocycles. The number of thiazole rings is 1. The van der Waals surface area contributed by atoms with Crippen LogP contribution in [0.25, 0.3) is 10.2 Å². The van der Waals surface area contributed by atoms with E-state index in [4.69, 9.17) is 5.73 Å². The van der Waals surface area contributed by atoms with E-state index in [1.54, 1.807) is 11.3 Å². The molecule has 2 aromatic rings. The highest BCUT2D eigenvalue weighted by Gasteiger charge is 2.12. The van der Waals surface area contributed by atoms with Gasteiger partial charge in [0.25, 0.3) is 0 Å². The summed E-state index contributed by atoms with van der Waals surface area (Å²) >= 11 is 1.57. The minimum Gasteiger partial charge on any atom is -0.375 e. The van der Waals surface area contributed by atoms with Gasteiger partial charge in [-0.1, -0.05) is 36.7 Å². The molecule has 1 aromatic heterocycles. The normalized spacial score (nSPS) is 17.3. The van der Waals surface area contributed by atoms with E-state index < -0.39 is 0 Å². The van der Waals surface area contributed by atoms with E-state index in [0.717, 1.165) is 12.1 Å². The molecule has 0 unspecified atom stereocenters. The predicted molar refractivity (Wildman–Crippen MR) is 77.7 cm³/mol. The van der Waals surface area contributed by atoms with Crippen molar-refractivity contribution < 1.29 is 0 Å². The fourth-order valence-electron chi connectivity index (χ4n) is 2.67. The molecule has 3 N–H and O–H groups in total. The number of nitrogens with one attached hydrogen (secondary N) is 1. The molecule has 1 aromatic carbocycles. The monoisotopic (exact) mass is 261 g/mol. The van der Waals surface area contributed by atoms with E-state index in [1.807, 2.05) is 0 Å². The molecule has 0 amide bonds. The van der Waals surface area contributed by atoms with Crippen molar-refractivity contribution in [1.82, 2.24) is 10.3 Å². The van der Waals surface area contributed by atoms with Gasteiger partial charge in [-0.15, -0.1) is 0 Å². The van der Waals surface area contributed by atoms with Crippen molar-refractivity contribution in [1.29, 1.82) is 0 Å². The highest BCUT2D eigenvalue weighted by atomic mass is 32.1. The van der Waals surface area contributed by atoms with Crippen molar-refractivity contribution >= 4 is 26.7 Å². The Balaban J connectivity index is 1.66. The van der Waals surface area contributed by atoms with Crippen LogP contribution in [-0.4, -0.2) is 11.0 Å². The van der Waals surface area contributed by atoms with Gasteiger partial charge in [0.2, 0.25) is 0 Å². The maximum Gasteiger partial charge on any atom is 0.181 e. The number of rotatable bonds is 3. The Morgan fingerprint density at radius 1 is 1.28 bits per heavy atom. The summed E-state index contributed by atoms with van der Waals surface area (Å²) in [4.78, 5) is 4.28. The molecule has 1 heterocycles. The second-order valence-electron chi connectivity index (χ2n) is 5.07. The standard InChI is InChI=1S/C14H19N3S/c15-14-17-12-7-6-10(8-13(12)18-14)9-16-11-4-2-1-3-5-11/h6-8,11,16H,1-5,9H2,(H2,15,17). The van der Waals surface area contributed by atoms with Crippen LogP contribution in [0.2, 0.25) is 0 Å². The number of nitrogen functional groups attached to an aromatic ring is 1. The number of hydrogen-bond donors (Lipinski definition) is 2. The third-order valence-corrected chi connectivity index (χ3v) is 4.52. The van der Waals surface area contributed by atoms with Gasteiger partial charge in [0.1, 0.15) is 0 Å². The molecule has 1 saturated carbocycles. The molecule has 1 aliphatic rings. The summed E-state index contributed by atoms with van der Waals surface area (Å²) in [5, 5.41) is 4.32. The fourth-order valence-corrected chi connectivity index (χ4v) is 3.46. The maximum atomic E-state index is 5.72. The quantitative estimate of drug-likeness (QED) is 0.891. The average Bonchev–Trinajstić information content (AvgIpc) is 2.77. The van der Waals surface area contributed by atoms with Crippen LogP contribution < -0.4 is 11.1 Å². The minimum absolute atomic E-state index is 0.655. The first-order valence-corrected chi connectivity index (χ1v) is 7.51. The lowest BCUT2D eigenvalue weighted by Gasteiger charge is -2.22. The number of anilines is 1. The molecule has 96 valence electrons. The Bertz CT molecular complexity index is 529. The molecule has 18 heavy (non-hydrogen) atoms. The third kappa shape index (κ3) is 2.65. The molecule has 1 fully saturated rings. The Hall–Kier alpha value is -1.13. The molecule has 0 saturated heterocycles. The number of fused-ring (bicyclic) bond motifs is 1. The molecular formula is C14H19N3S. The summed E-state index contributed by atoms with van der Waals surface area (Å²) in [5.74, 6) is 0. The van der Waals surface area contributed by atoms with Crippen molar-refractivity contribution in [3.63, 3.8) is 0 Å². The van der Waals surface area contributed by atoms with Gasteiger partial charge in [0, 0.05) is 12.6 Å². The highest BCUT2D eigenvalue weighted by Crippen LogP contribution is 2.25. The minimum atomic E-state index is 0.655. The molecule has 0 bridgehead atoms. The van der Waals surface area contributed by atoms with E-state index in [1.165, 1.54) is 42.4 Å². The lowest BCUT2D eigenvalue weighted by molar-refractivity contribution is 0.372. The second-order valence-corrected chi connectivity index (χ2v) is 6.13. The zero-order valence-corrected chi connectivity index (χ0v) is 11.3. The van der Waals surface area contributed by atoms with Gasteiger partial charge in [-0.3, -0.25) is 0 Å². The first-order chi connectivity index (χ1) is 8.81. The van der Waals surface area contributed by atoms with Crippen molar-refractivity contribution in [2.75, 3.05) is 5.73 Å². The van der Waals surface area contributed by atoms with Gasteiger partial charge in [-0.2, -0.15) is 0 Å². The van der Waals surface area contributed by atoms with Gasteiger partial charge in [-0.05, 0) is 30.5 Å². The van der Waals surface area contributed by atoms with Crippen molar-refractivity contribution in [2.24, 2.45) is 0 Å². The fraction of sp³-hybridized carbons (Fsp3) is 0.500. The van der Waals surface area contributed by atoms with Crippen LogP contribution in [-0.2, 0) is 6.54 Å². The summed E-state index contributed by atoms with van der Waals surface area (Å²) in [5.41, 5.74) is 8.07. The first kappa shape index (κ1) is 11.9. The van der Waals surface area contributed by atoms with Crippen LogP contribution >= 0.6 is 11.3 Å². The molecule has 1 aliphatic carbocycles. The summed E-state index contributed by atoms with van der Waals surface area (Å²) in [6.07, 6.45) is 6.82. The maximum absolute atomic E-state index is 5.72. The van der Waals surface area contributed by atoms with E-state index in [0.29, 0.717) is 11.2 Å². The molecule has 0 radical (unpaired) electrons. The number of aromatic nitrogens is 1. The van der Waals surface area contributed by atoms with Gasteiger partial charge in [0.15, 0.2) is 5.13 Å². The summed E-state index contributed by atoms with van der Waals surface area (Å²) < 4.78 is 1.19. The highest BCUT2D eigenvalue weighted by molar-refractivity contribution is 7.22. The van der Waals surface area contributed by atoms with E-state index in [9.17, 15) is 0 Å². The van der Waals surface area contributed by atoms with E-state index >= 15 is 0 Å². The molecular weight excluding hydrogens is 242 g/mol. The van der Waals surface area contributed by atoms with E-state index in [2.05, 4.69) is 28.5 Å². The average molecular weight is 261 g/mol. The first-order valence-electron chi connectivity index (χ1n) is 6.69. The second kappa shape index (κ2) is 5.24. The summed E-state index contributed by atoms with van der Waals surface area (Å²) in [6.45, 7) is 0.957. The predicted octanol–water partition coefficient (Wildman–Crippen LogP) is 3.30. The Morgan fingerprint density at radius 2 is 2.11 bits per heavy atom. The van der Waals surface area contributed by atoms with Crippen molar-refractivity contribution in [2.45, 2.75) is 44.7 Å². The van der Waals surface area contributed by atoms with Crippen LogP contribution in [0.5, 0.6) is 0 Å². The summed E-state index contributed by atoms with van der Waals surface area (Å²) in [6, 6.07) is 7.14. The topological polar surface area (TPSA) is 50.9 Å². The zero-order valence-electron chi connectivity index (χ0n) is 10.5. The van der Waals surface area contributed by atoms with Crippen molar-refractivity contribution in [3.8, 4) is 0 Å². The van der Waals surface area contributed by atoms with Crippen LogP contribution in [0.4, 0.5) is 5.13 Å². The molecule has 0 atom stereocenters. The number of hydrogen-bond acceptors (Lipinski definition) is 4. The lowest BCUT2D eigenvalue weighted by atomic mass is 9.95. The van der Waals surface area contributed by atoms with Gasteiger partial charge in [0.05, 0.1) is 10.2 Å². The lowest BCUT2D eigenvalue weighted by Crippen LogP contribution is -2.30. The van der Waals surface area contributed by atoms with Gasteiger partial charge >= 0.3 is 0 Å². The van der Waals surface area contributed by atoms with E-state index in [-0.39, 0.29) is 0 Å². The molecule has 0 spiro atoms.